The Morgan fingerprint density at radius 1 is 1.27 bits per heavy atom. The molecular weight excluding hydrogens is 420 g/mol. The number of urea groups is 1. The lowest BCUT2D eigenvalue weighted by atomic mass is 9.99. The van der Waals surface area contributed by atoms with Gasteiger partial charge >= 0.3 is 6.03 Å². The lowest BCUT2D eigenvalue weighted by Crippen LogP contribution is -2.56. The van der Waals surface area contributed by atoms with E-state index in [0.717, 1.165) is 53.4 Å². The highest BCUT2D eigenvalue weighted by molar-refractivity contribution is 7.15. The molecule has 5 heterocycles. The number of nitrogens with one attached hydrogen (secondary N) is 1. The number of hydrogen-bond donors (Lipinski definition) is 1. The molecule has 0 spiro atoms. The van der Waals surface area contributed by atoms with Gasteiger partial charge in [0.2, 0.25) is 0 Å². The van der Waals surface area contributed by atoms with Crippen LogP contribution < -0.4 is 15.1 Å². The molecule has 0 unspecified atom stereocenters. The molecule has 9 heteroatoms. The van der Waals surface area contributed by atoms with Crippen LogP contribution >= 0.6 is 22.9 Å². The van der Waals surface area contributed by atoms with Crippen molar-refractivity contribution in [2.45, 2.75) is 32.7 Å². The normalized spacial score (nSPS) is 17.6. The number of rotatable bonds is 2. The largest absolute Gasteiger partial charge is 0.366 e. The van der Waals surface area contributed by atoms with Gasteiger partial charge in [0.25, 0.3) is 0 Å². The van der Waals surface area contributed by atoms with E-state index < -0.39 is 0 Å². The average molecular weight is 441 g/mol. The molecule has 154 valence electrons. The minimum Gasteiger partial charge on any atom is -0.366 e. The number of piperidine rings is 1. The van der Waals surface area contributed by atoms with Gasteiger partial charge in [-0.15, -0.1) is 11.3 Å². The molecule has 2 aliphatic heterocycles. The number of hydrogen-bond acceptors (Lipinski definition) is 6. The quantitative estimate of drug-likeness (QED) is 0.614. The second kappa shape index (κ2) is 7.52. The van der Waals surface area contributed by atoms with Gasteiger partial charge in [-0.25, -0.2) is 14.8 Å². The van der Waals surface area contributed by atoms with Gasteiger partial charge in [0, 0.05) is 35.9 Å². The van der Waals surface area contributed by atoms with Gasteiger partial charge in [-0.1, -0.05) is 11.6 Å². The summed E-state index contributed by atoms with van der Waals surface area (Å²) in [5, 5.41) is 4.16. The fourth-order valence-corrected chi connectivity index (χ4v) is 5.05. The van der Waals surface area contributed by atoms with E-state index in [4.69, 9.17) is 16.6 Å². The molecule has 1 fully saturated rings. The number of halogens is 1. The molecule has 3 aromatic rings. The second-order valence-corrected chi connectivity index (χ2v) is 9.27. The highest BCUT2D eigenvalue weighted by Crippen LogP contribution is 2.39. The number of anilines is 3. The molecular formula is C21H21ClN6OS. The summed E-state index contributed by atoms with van der Waals surface area (Å²) >= 11 is 7.61. The smallest absolute Gasteiger partial charge is 0.329 e. The van der Waals surface area contributed by atoms with E-state index >= 15 is 0 Å². The molecule has 1 atom stereocenters. The molecule has 0 aliphatic carbocycles. The molecule has 0 radical (unpaired) electrons. The molecule has 1 N–H and O–H groups in total. The highest BCUT2D eigenvalue weighted by atomic mass is 35.5. The number of pyridine rings is 2. The molecule has 7 nitrogen and oxygen atoms in total. The maximum Gasteiger partial charge on any atom is 0.329 e. The number of fused-ring (bicyclic) bond motifs is 4. The van der Waals surface area contributed by atoms with Crippen LogP contribution in [0.4, 0.5) is 21.4 Å². The fourth-order valence-electron chi connectivity index (χ4n) is 4.07. The van der Waals surface area contributed by atoms with E-state index in [0.29, 0.717) is 16.0 Å². The monoisotopic (exact) mass is 440 g/mol. The first-order chi connectivity index (χ1) is 14.5. The van der Waals surface area contributed by atoms with Crippen LogP contribution in [0, 0.1) is 13.8 Å². The van der Waals surface area contributed by atoms with Crippen molar-refractivity contribution in [1.82, 2.24) is 15.0 Å². The standard InChI is InChI=1S/C21H21ClN6OS/c1-12-13(2)30-20(24-12)26-21(29)28-16-4-3-7-27(11-16)18-6-5-17(25-19(18)28)14-8-15(22)10-23-9-14/h5-6,8-10,16H,3-4,7,11H2,1-2H3,(H,24,26,29)/t16-/m0/s1. The van der Waals surface area contributed by atoms with Crippen LogP contribution in [0.2, 0.25) is 5.02 Å². The summed E-state index contributed by atoms with van der Waals surface area (Å²) in [5.41, 5.74) is 3.48. The Bertz CT molecular complexity index is 1110. The van der Waals surface area contributed by atoms with Gasteiger partial charge in [-0.05, 0) is 44.9 Å². The van der Waals surface area contributed by atoms with E-state index in [1.54, 1.807) is 17.3 Å². The third-order valence-electron chi connectivity index (χ3n) is 5.65. The molecule has 2 bridgehead atoms. The summed E-state index contributed by atoms with van der Waals surface area (Å²) < 4.78 is 0. The van der Waals surface area contributed by atoms with Crippen LogP contribution in [0.15, 0.2) is 30.6 Å². The van der Waals surface area contributed by atoms with Crippen molar-refractivity contribution >= 4 is 45.6 Å². The first-order valence-corrected chi connectivity index (χ1v) is 11.1. The highest BCUT2D eigenvalue weighted by Gasteiger charge is 2.38. The number of carbonyl (C=O) groups excluding carboxylic acids is 1. The molecule has 5 rings (SSSR count). The van der Waals surface area contributed by atoms with Crippen molar-refractivity contribution in [3.8, 4) is 11.3 Å². The molecule has 0 aromatic carbocycles. The molecule has 3 aromatic heterocycles. The SMILES string of the molecule is Cc1nc(NC(=O)N2c3nc(-c4cncc(Cl)c4)ccc3N3CCC[C@H]2C3)sc1C. The van der Waals surface area contributed by atoms with Gasteiger partial charge in [-0.3, -0.25) is 15.2 Å². The van der Waals surface area contributed by atoms with Gasteiger partial charge < -0.3 is 4.90 Å². The Kier molecular flexibility index (Phi) is 4.83. The van der Waals surface area contributed by atoms with Gasteiger partial charge in [0.15, 0.2) is 10.9 Å². The van der Waals surface area contributed by atoms with Gasteiger partial charge in [0.05, 0.1) is 28.1 Å². The number of aryl methyl sites for hydroxylation is 2. The van der Waals surface area contributed by atoms with Crippen molar-refractivity contribution in [3.05, 3.63) is 46.2 Å². The zero-order valence-corrected chi connectivity index (χ0v) is 18.3. The summed E-state index contributed by atoms with van der Waals surface area (Å²) in [6.07, 6.45) is 5.32. The predicted octanol–water partition coefficient (Wildman–Crippen LogP) is 4.89. The minimum atomic E-state index is -0.189. The fraction of sp³-hybridized carbons (Fsp3) is 0.333. The third kappa shape index (κ3) is 3.40. The number of amides is 2. The van der Waals surface area contributed by atoms with Crippen LogP contribution in [0.25, 0.3) is 11.3 Å². The van der Waals surface area contributed by atoms with Gasteiger partial charge in [0.1, 0.15) is 0 Å². The lowest BCUT2D eigenvalue weighted by molar-refractivity contribution is 0.252. The van der Waals surface area contributed by atoms with E-state index in [1.165, 1.54) is 11.3 Å². The van der Waals surface area contributed by atoms with E-state index in [-0.39, 0.29) is 12.1 Å². The van der Waals surface area contributed by atoms with E-state index in [9.17, 15) is 4.79 Å². The van der Waals surface area contributed by atoms with Crippen molar-refractivity contribution in [2.24, 2.45) is 0 Å². The first-order valence-electron chi connectivity index (χ1n) is 9.91. The average Bonchev–Trinajstić information content (AvgIpc) is 3.04. The summed E-state index contributed by atoms with van der Waals surface area (Å²) in [6, 6.07) is 5.72. The summed E-state index contributed by atoms with van der Waals surface area (Å²) in [4.78, 5) is 32.1. The van der Waals surface area contributed by atoms with Crippen molar-refractivity contribution in [2.75, 3.05) is 28.2 Å². The molecule has 1 saturated heterocycles. The molecule has 2 aliphatic rings. The lowest BCUT2D eigenvalue weighted by Gasteiger charge is -2.45. The molecule has 30 heavy (non-hydrogen) atoms. The van der Waals surface area contributed by atoms with E-state index in [1.807, 2.05) is 32.0 Å². The summed E-state index contributed by atoms with van der Waals surface area (Å²) in [5.74, 6) is 0.672. The summed E-state index contributed by atoms with van der Waals surface area (Å²) in [6.45, 7) is 5.74. The third-order valence-corrected chi connectivity index (χ3v) is 6.84. The van der Waals surface area contributed by atoms with Crippen LogP contribution in [-0.4, -0.2) is 40.1 Å². The topological polar surface area (TPSA) is 74.2 Å². The Morgan fingerprint density at radius 3 is 2.90 bits per heavy atom. The molecule has 0 saturated carbocycles. The van der Waals surface area contributed by atoms with E-state index in [2.05, 4.69) is 20.2 Å². The maximum atomic E-state index is 13.3. The van der Waals surface area contributed by atoms with Crippen LogP contribution in [0.5, 0.6) is 0 Å². The Hall–Kier alpha value is -2.71. The number of nitrogens with zero attached hydrogens (tertiary/aromatic N) is 5. The Balaban J connectivity index is 1.55. The molecule has 2 amide bonds. The van der Waals surface area contributed by atoms with Crippen molar-refractivity contribution in [3.63, 3.8) is 0 Å². The number of thiazole rings is 1. The number of aromatic nitrogens is 3. The van der Waals surface area contributed by atoms with Crippen molar-refractivity contribution < 1.29 is 4.79 Å². The summed E-state index contributed by atoms with van der Waals surface area (Å²) in [7, 11) is 0. The maximum absolute atomic E-state index is 13.3. The van der Waals surface area contributed by atoms with Crippen molar-refractivity contribution in [1.29, 1.82) is 0 Å². The Morgan fingerprint density at radius 2 is 2.13 bits per heavy atom. The Labute approximate surface area is 183 Å². The zero-order chi connectivity index (χ0) is 20.8. The predicted molar refractivity (Wildman–Crippen MR) is 121 cm³/mol. The minimum absolute atomic E-state index is 0.0774. The van der Waals surface area contributed by atoms with Crippen LogP contribution in [0.3, 0.4) is 0 Å². The van der Waals surface area contributed by atoms with Crippen LogP contribution in [0.1, 0.15) is 23.4 Å². The number of carbonyl (C=O) groups is 1. The first kappa shape index (κ1) is 19.3. The zero-order valence-electron chi connectivity index (χ0n) is 16.7. The van der Waals surface area contributed by atoms with Gasteiger partial charge in [-0.2, -0.15) is 0 Å². The second-order valence-electron chi connectivity index (χ2n) is 7.63. The van der Waals surface area contributed by atoms with Crippen LogP contribution in [-0.2, 0) is 0 Å².